The zero-order valence-electron chi connectivity index (χ0n) is 27.8. The summed E-state index contributed by atoms with van der Waals surface area (Å²) >= 11 is 0. The largest absolute Gasteiger partial charge is 0.455 e. The van der Waals surface area contributed by atoms with Crippen molar-refractivity contribution in [2.45, 2.75) is 12.3 Å². The zero-order valence-corrected chi connectivity index (χ0v) is 27.8. The van der Waals surface area contributed by atoms with E-state index in [4.69, 9.17) is 9.41 Å². The van der Waals surface area contributed by atoms with Crippen molar-refractivity contribution in [1.29, 1.82) is 0 Å². The van der Waals surface area contributed by atoms with Gasteiger partial charge in [0.15, 0.2) is 0 Å². The molecule has 2 heterocycles. The van der Waals surface area contributed by atoms with E-state index < -0.39 is 0 Å². The number of rotatable bonds is 5. The minimum atomic E-state index is -0.276. The van der Waals surface area contributed by atoms with Crippen LogP contribution in [-0.2, 0) is 0 Å². The maximum atomic E-state index is 6.62. The lowest BCUT2D eigenvalue weighted by molar-refractivity contribution is 0.411. The third kappa shape index (κ3) is 5.08. The molecule has 2 atom stereocenters. The van der Waals surface area contributed by atoms with Crippen molar-refractivity contribution in [2.75, 3.05) is 0 Å². The lowest BCUT2D eigenvalue weighted by atomic mass is 9.93. The third-order valence-corrected chi connectivity index (χ3v) is 10.2. The van der Waals surface area contributed by atoms with Gasteiger partial charge in [-0.3, -0.25) is 5.32 Å². The fourth-order valence-electron chi connectivity index (χ4n) is 7.73. The second kappa shape index (κ2) is 12.1. The number of fused-ring (bicyclic) bond motifs is 6. The van der Waals surface area contributed by atoms with E-state index in [1.54, 1.807) is 0 Å². The first-order valence-corrected chi connectivity index (χ1v) is 17.4. The molecule has 1 aliphatic rings. The van der Waals surface area contributed by atoms with Gasteiger partial charge in [0.1, 0.15) is 29.3 Å². The average molecular weight is 656 g/mol. The Morgan fingerprint density at radius 2 is 1.14 bits per heavy atom. The van der Waals surface area contributed by atoms with E-state index in [9.17, 15) is 0 Å². The minimum absolute atomic E-state index is 0.225. The van der Waals surface area contributed by atoms with Crippen LogP contribution >= 0.6 is 0 Å². The fraction of sp³-hybridized carbons (Fsp3) is 0.0426. The van der Waals surface area contributed by atoms with E-state index >= 15 is 0 Å². The normalized spacial score (nSPS) is 16.0. The van der Waals surface area contributed by atoms with Gasteiger partial charge in [0.2, 0.25) is 0 Å². The maximum Gasteiger partial charge on any atom is 0.143 e. The molecule has 0 saturated heterocycles. The van der Waals surface area contributed by atoms with Gasteiger partial charge in [-0.25, -0.2) is 4.99 Å². The standard InChI is InChI=1S/C47H33N3O/c1-3-13-30(14-4-1)36-21-11-22-39-43-40(23-12-24-42(43)51-44(36)39)47-49-45(32-15-5-2-6-16-32)48-46(50-47)33-27-25-31(26-28-33)41-29-34-17-7-8-18-35(34)37-19-9-10-20-38(37)41/h1-29,46-47,50H,(H,48,49). The molecule has 0 fully saturated rings. The van der Waals surface area contributed by atoms with E-state index in [0.717, 1.165) is 55.6 Å². The lowest BCUT2D eigenvalue weighted by Crippen LogP contribution is -2.45. The van der Waals surface area contributed by atoms with Crippen LogP contribution in [0.4, 0.5) is 0 Å². The Labute approximate surface area is 295 Å². The van der Waals surface area contributed by atoms with Crippen LogP contribution in [0.25, 0.3) is 65.7 Å². The Kier molecular flexibility index (Phi) is 7.00. The number of aliphatic imine (C=N–C) groups is 1. The van der Waals surface area contributed by atoms with Crippen LogP contribution in [0, 0.1) is 0 Å². The van der Waals surface area contributed by atoms with Gasteiger partial charge in [-0.05, 0) is 55.9 Å². The molecule has 10 rings (SSSR count). The Morgan fingerprint density at radius 1 is 0.490 bits per heavy atom. The van der Waals surface area contributed by atoms with Crippen LogP contribution in [0.15, 0.2) is 185 Å². The van der Waals surface area contributed by atoms with Crippen LogP contribution < -0.4 is 10.6 Å². The molecule has 8 aromatic carbocycles. The van der Waals surface area contributed by atoms with Gasteiger partial charge < -0.3 is 9.73 Å². The Bertz CT molecular complexity index is 2750. The second-order valence-corrected chi connectivity index (χ2v) is 13.2. The van der Waals surface area contributed by atoms with Gasteiger partial charge in [-0.15, -0.1) is 0 Å². The summed E-state index contributed by atoms with van der Waals surface area (Å²) in [5.74, 6) is 0.851. The van der Waals surface area contributed by atoms with Crippen molar-refractivity contribution in [3.8, 4) is 22.3 Å². The highest BCUT2D eigenvalue weighted by Crippen LogP contribution is 2.40. The predicted molar refractivity (Wildman–Crippen MR) is 211 cm³/mol. The summed E-state index contributed by atoms with van der Waals surface area (Å²) in [5.41, 5.74) is 9.65. The van der Waals surface area contributed by atoms with Crippen molar-refractivity contribution >= 4 is 49.3 Å². The Balaban J connectivity index is 1.07. The molecule has 0 spiro atoms. The number of nitrogens with zero attached hydrogens (tertiary/aromatic N) is 1. The number of nitrogens with one attached hydrogen (secondary N) is 2. The molecule has 0 radical (unpaired) electrons. The molecule has 2 unspecified atom stereocenters. The number of para-hydroxylation sites is 1. The predicted octanol–water partition coefficient (Wildman–Crippen LogP) is 11.6. The quantitative estimate of drug-likeness (QED) is 0.181. The number of amidine groups is 1. The molecule has 51 heavy (non-hydrogen) atoms. The maximum absolute atomic E-state index is 6.62. The van der Waals surface area contributed by atoms with E-state index in [-0.39, 0.29) is 12.3 Å². The molecular weight excluding hydrogens is 623 g/mol. The molecule has 1 aliphatic heterocycles. The summed E-state index contributed by atoms with van der Waals surface area (Å²) in [5, 5.41) is 14.8. The summed E-state index contributed by atoms with van der Waals surface area (Å²) in [4.78, 5) is 5.25. The molecule has 4 nitrogen and oxygen atoms in total. The molecule has 9 aromatic rings. The molecule has 0 aliphatic carbocycles. The molecule has 0 bridgehead atoms. The fourth-order valence-corrected chi connectivity index (χ4v) is 7.73. The number of benzene rings is 8. The number of hydrogen-bond donors (Lipinski definition) is 2. The van der Waals surface area contributed by atoms with Crippen LogP contribution in [-0.4, -0.2) is 5.84 Å². The van der Waals surface area contributed by atoms with Gasteiger partial charge in [0, 0.05) is 27.5 Å². The van der Waals surface area contributed by atoms with Crippen LogP contribution in [0.1, 0.15) is 29.0 Å². The van der Waals surface area contributed by atoms with Crippen molar-refractivity contribution in [2.24, 2.45) is 4.99 Å². The molecule has 1 aromatic heterocycles. The first-order valence-electron chi connectivity index (χ1n) is 17.4. The second-order valence-electron chi connectivity index (χ2n) is 13.2. The first-order chi connectivity index (χ1) is 25.3. The molecule has 0 amide bonds. The Morgan fingerprint density at radius 3 is 1.94 bits per heavy atom. The van der Waals surface area contributed by atoms with Crippen LogP contribution in [0.2, 0.25) is 0 Å². The topological polar surface area (TPSA) is 49.6 Å². The zero-order chi connectivity index (χ0) is 33.7. The molecule has 0 saturated carbocycles. The van der Waals surface area contributed by atoms with E-state index in [2.05, 4.69) is 174 Å². The highest BCUT2D eigenvalue weighted by molar-refractivity contribution is 6.14. The van der Waals surface area contributed by atoms with Crippen molar-refractivity contribution in [3.63, 3.8) is 0 Å². The summed E-state index contributed by atoms with van der Waals surface area (Å²) in [6.45, 7) is 0. The van der Waals surface area contributed by atoms with E-state index in [1.165, 1.54) is 32.7 Å². The van der Waals surface area contributed by atoms with E-state index in [1.807, 2.05) is 12.1 Å². The third-order valence-electron chi connectivity index (χ3n) is 10.2. The van der Waals surface area contributed by atoms with Crippen molar-refractivity contribution in [1.82, 2.24) is 10.6 Å². The summed E-state index contributed by atoms with van der Waals surface area (Å²) < 4.78 is 6.62. The van der Waals surface area contributed by atoms with Crippen LogP contribution in [0.3, 0.4) is 0 Å². The lowest BCUT2D eigenvalue weighted by Gasteiger charge is -2.32. The summed E-state index contributed by atoms with van der Waals surface area (Å²) in [6, 6.07) is 62.1. The van der Waals surface area contributed by atoms with Gasteiger partial charge in [0.25, 0.3) is 0 Å². The van der Waals surface area contributed by atoms with Crippen LogP contribution in [0.5, 0.6) is 0 Å². The van der Waals surface area contributed by atoms with Crippen molar-refractivity contribution < 1.29 is 4.42 Å². The van der Waals surface area contributed by atoms with Gasteiger partial charge >= 0.3 is 0 Å². The first kappa shape index (κ1) is 29.4. The Hall–Kier alpha value is -6.49. The number of hydrogen-bond acceptors (Lipinski definition) is 4. The summed E-state index contributed by atoms with van der Waals surface area (Å²) in [6.07, 6.45) is -0.501. The van der Waals surface area contributed by atoms with Crippen molar-refractivity contribution in [3.05, 3.63) is 193 Å². The highest BCUT2D eigenvalue weighted by atomic mass is 16.3. The van der Waals surface area contributed by atoms with Gasteiger partial charge in [-0.1, -0.05) is 164 Å². The number of furan rings is 1. The highest BCUT2D eigenvalue weighted by Gasteiger charge is 2.28. The SMILES string of the molecule is c1ccc(C2=NC(c3ccc(-c4cc5ccccc5c5ccccc45)cc3)NC(c3cccc4oc5c(-c6ccccc6)cccc5c34)N2)cc1. The minimum Gasteiger partial charge on any atom is -0.455 e. The average Bonchev–Trinajstić information content (AvgIpc) is 3.60. The van der Waals surface area contributed by atoms with Gasteiger partial charge in [-0.2, -0.15) is 0 Å². The molecule has 242 valence electrons. The smallest absolute Gasteiger partial charge is 0.143 e. The molecule has 2 N–H and O–H groups in total. The monoisotopic (exact) mass is 655 g/mol. The molecule has 4 heteroatoms. The van der Waals surface area contributed by atoms with E-state index in [0.29, 0.717) is 0 Å². The molecular formula is C47H33N3O. The van der Waals surface area contributed by atoms with Gasteiger partial charge in [0.05, 0.1) is 0 Å². The summed E-state index contributed by atoms with van der Waals surface area (Å²) in [7, 11) is 0.